The molecular weight excluding hydrogens is 446 g/mol. The molecule has 0 aromatic heterocycles. The smallest absolute Gasteiger partial charge is 0.259 e. The van der Waals surface area contributed by atoms with Crippen LogP contribution in [0.3, 0.4) is 0 Å². The summed E-state index contributed by atoms with van der Waals surface area (Å²) in [4.78, 5) is 39.8. The molecule has 0 unspecified atom stereocenters. The maximum atomic E-state index is 14.9. The van der Waals surface area contributed by atoms with Gasteiger partial charge < -0.3 is 20.6 Å². The molecule has 3 amide bonds. The molecule has 1 aliphatic carbocycles. The van der Waals surface area contributed by atoms with Gasteiger partial charge in [0, 0.05) is 24.9 Å². The molecule has 3 saturated heterocycles. The van der Waals surface area contributed by atoms with E-state index in [1.165, 1.54) is 6.92 Å². The van der Waals surface area contributed by atoms with E-state index in [0.29, 0.717) is 19.4 Å². The molecule has 34 heavy (non-hydrogen) atoms. The van der Waals surface area contributed by atoms with Gasteiger partial charge in [-0.15, -0.1) is 0 Å². The van der Waals surface area contributed by atoms with Crippen LogP contribution < -0.4 is 10.6 Å². The Morgan fingerprint density at radius 2 is 2.03 bits per heavy atom. The molecule has 4 fully saturated rings. The Kier molecular flexibility index (Phi) is 6.34. The number of amides is 3. The number of hydrogen-bond donors (Lipinski definition) is 3. The number of nitrogens with one attached hydrogen (secondary N) is 2. The van der Waals surface area contributed by atoms with Crippen LogP contribution in [0.1, 0.15) is 44.6 Å². The fourth-order valence-electron chi connectivity index (χ4n) is 5.49. The summed E-state index contributed by atoms with van der Waals surface area (Å²) >= 11 is 0. The van der Waals surface area contributed by atoms with E-state index in [-0.39, 0.29) is 24.3 Å². The van der Waals surface area contributed by atoms with E-state index < -0.39 is 59.7 Å². The molecule has 6 atom stereocenters. The first kappa shape index (κ1) is 24.1. The number of halogens is 2. The molecule has 8 nitrogen and oxygen atoms in total. The van der Waals surface area contributed by atoms with Gasteiger partial charge in [0.1, 0.15) is 12.1 Å². The third kappa shape index (κ3) is 4.25. The maximum absolute atomic E-state index is 14.9. The number of nitriles is 1. The zero-order chi connectivity index (χ0) is 24.7. The van der Waals surface area contributed by atoms with Crippen LogP contribution in [0.15, 0.2) is 30.3 Å². The van der Waals surface area contributed by atoms with Gasteiger partial charge in [-0.25, -0.2) is 8.78 Å². The second-order valence-corrected chi connectivity index (χ2v) is 9.60. The molecule has 1 saturated carbocycles. The van der Waals surface area contributed by atoms with E-state index in [2.05, 4.69) is 10.6 Å². The Hall–Kier alpha value is -3.06. The number of rotatable bonds is 6. The summed E-state index contributed by atoms with van der Waals surface area (Å²) in [5.74, 6) is -6.95. The Morgan fingerprint density at radius 3 is 2.62 bits per heavy atom. The fraction of sp³-hybridized carbons (Fsp3) is 0.583. The van der Waals surface area contributed by atoms with E-state index >= 15 is 0 Å². The van der Waals surface area contributed by atoms with Crippen molar-refractivity contribution in [3.05, 3.63) is 35.9 Å². The highest BCUT2D eigenvalue weighted by molar-refractivity contribution is 5.93. The quantitative estimate of drug-likeness (QED) is 0.576. The molecule has 1 aromatic rings. The van der Waals surface area contributed by atoms with Crippen molar-refractivity contribution in [3.63, 3.8) is 0 Å². The molecule has 5 rings (SSSR count). The maximum Gasteiger partial charge on any atom is 0.259 e. The van der Waals surface area contributed by atoms with Gasteiger partial charge in [-0.2, -0.15) is 5.26 Å². The van der Waals surface area contributed by atoms with Crippen molar-refractivity contribution in [3.8, 4) is 6.07 Å². The average Bonchev–Trinajstić information content (AvgIpc) is 3.21. The highest BCUT2D eigenvalue weighted by Gasteiger charge is 2.62. The minimum Gasteiger partial charge on any atom is -0.376 e. The lowest BCUT2D eigenvalue weighted by molar-refractivity contribution is -0.203. The van der Waals surface area contributed by atoms with Crippen LogP contribution in [0.5, 0.6) is 0 Å². The minimum atomic E-state index is -3.16. The highest BCUT2D eigenvalue weighted by atomic mass is 19.3. The second kappa shape index (κ2) is 8.95. The normalized spacial score (nSPS) is 30.1. The monoisotopic (exact) mass is 474 g/mol. The lowest BCUT2D eigenvalue weighted by atomic mass is 9.70. The van der Waals surface area contributed by atoms with Gasteiger partial charge in [0.15, 0.2) is 5.60 Å². The fourth-order valence-corrected chi connectivity index (χ4v) is 5.49. The van der Waals surface area contributed by atoms with Gasteiger partial charge in [-0.1, -0.05) is 30.3 Å². The van der Waals surface area contributed by atoms with Crippen molar-refractivity contribution < 1.29 is 28.3 Å². The number of alkyl halides is 2. The average molecular weight is 475 g/mol. The van der Waals surface area contributed by atoms with Crippen molar-refractivity contribution in [2.45, 2.75) is 68.7 Å². The number of hydrogen-bond acceptors (Lipinski definition) is 5. The SMILES string of the molecule is C[C@@](O)(C(=O)N1[C@@H]2CC[C@H]([C@H]1C(=O)N[C@H](C#N)C[C@H]1CCNC1=O)C(F)(F)C2)c1ccccc1. The van der Waals surface area contributed by atoms with Crippen LogP contribution in [-0.2, 0) is 20.0 Å². The number of carbonyl (C=O) groups excluding carboxylic acids is 3. The van der Waals surface area contributed by atoms with Gasteiger partial charge >= 0.3 is 0 Å². The van der Waals surface area contributed by atoms with E-state index in [0.717, 1.165) is 4.90 Å². The van der Waals surface area contributed by atoms with E-state index in [9.17, 15) is 33.5 Å². The van der Waals surface area contributed by atoms with Gasteiger partial charge in [-0.05, 0) is 38.2 Å². The van der Waals surface area contributed by atoms with Crippen molar-refractivity contribution in [2.24, 2.45) is 11.8 Å². The predicted octanol–water partition coefficient (Wildman–Crippen LogP) is 1.44. The highest BCUT2D eigenvalue weighted by Crippen LogP contribution is 2.50. The third-order valence-corrected chi connectivity index (χ3v) is 7.35. The van der Waals surface area contributed by atoms with Crippen LogP contribution in [0.2, 0.25) is 0 Å². The first-order valence-corrected chi connectivity index (χ1v) is 11.5. The largest absolute Gasteiger partial charge is 0.376 e. The molecule has 0 radical (unpaired) electrons. The second-order valence-electron chi connectivity index (χ2n) is 9.60. The third-order valence-electron chi connectivity index (χ3n) is 7.35. The molecule has 3 N–H and O–H groups in total. The number of aliphatic hydroxyl groups is 1. The summed E-state index contributed by atoms with van der Waals surface area (Å²) < 4.78 is 29.7. The van der Waals surface area contributed by atoms with Gasteiger partial charge in [0.05, 0.1) is 12.0 Å². The summed E-state index contributed by atoms with van der Waals surface area (Å²) in [5, 5.41) is 25.8. The summed E-state index contributed by atoms with van der Waals surface area (Å²) in [6.07, 6.45) is 0.340. The Labute approximate surface area is 196 Å². The topological polar surface area (TPSA) is 123 Å². The molecule has 1 aromatic carbocycles. The molecule has 3 aliphatic heterocycles. The Balaban J connectivity index is 1.60. The van der Waals surface area contributed by atoms with Crippen molar-refractivity contribution >= 4 is 17.7 Å². The number of nitrogens with zero attached hydrogens (tertiary/aromatic N) is 2. The van der Waals surface area contributed by atoms with E-state index in [4.69, 9.17) is 0 Å². The molecule has 0 spiro atoms. The van der Waals surface area contributed by atoms with E-state index in [1.807, 2.05) is 6.07 Å². The lowest BCUT2D eigenvalue weighted by Crippen LogP contribution is -2.70. The van der Waals surface area contributed by atoms with Crippen molar-refractivity contribution in [1.82, 2.24) is 15.5 Å². The summed E-state index contributed by atoms with van der Waals surface area (Å²) in [6.45, 7) is 1.77. The number of benzene rings is 1. The van der Waals surface area contributed by atoms with Gasteiger partial charge in [0.2, 0.25) is 11.8 Å². The molecule has 2 bridgehead atoms. The first-order chi connectivity index (χ1) is 16.1. The molecule has 3 heterocycles. The molecule has 182 valence electrons. The standard InChI is InChI=1S/C24H28F2N4O4/c1-23(34,15-5-3-2-4-6-15)22(33)30-17-7-8-18(24(25,26)12-17)19(30)21(32)29-16(13-27)11-14-9-10-28-20(14)31/h2-6,14,16-19,34H,7-12H2,1H3,(H,28,31)(H,29,32)/t14-,16+,17-,18-,19+,23+/m1/s1. The van der Waals surface area contributed by atoms with E-state index in [1.54, 1.807) is 30.3 Å². The van der Waals surface area contributed by atoms with Crippen LogP contribution >= 0.6 is 0 Å². The zero-order valence-corrected chi connectivity index (χ0v) is 18.8. The van der Waals surface area contributed by atoms with Crippen LogP contribution in [0.25, 0.3) is 0 Å². The summed E-state index contributed by atoms with van der Waals surface area (Å²) in [5.41, 5.74) is -1.74. The van der Waals surface area contributed by atoms with Gasteiger partial charge in [0.25, 0.3) is 11.8 Å². The first-order valence-electron chi connectivity index (χ1n) is 11.5. The number of piperidine rings is 2. The minimum absolute atomic E-state index is 0.0509. The van der Waals surface area contributed by atoms with Gasteiger partial charge in [-0.3, -0.25) is 14.4 Å². The molecule has 10 heteroatoms. The lowest BCUT2D eigenvalue weighted by Gasteiger charge is -2.54. The summed E-state index contributed by atoms with van der Waals surface area (Å²) in [7, 11) is 0. The Morgan fingerprint density at radius 1 is 1.32 bits per heavy atom. The molecule has 4 aliphatic rings. The predicted molar refractivity (Wildman–Crippen MR) is 116 cm³/mol. The van der Waals surface area contributed by atoms with Crippen LogP contribution in [0, 0.1) is 23.2 Å². The van der Waals surface area contributed by atoms with Crippen LogP contribution in [0.4, 0.5) is 8.78 Å². The van der Waals surface area contributed by atoms with Crippen molar-refractivity contribution in [2.75, 3.05) is 6.54 Å². The molecular formula is C24H28F2N4O4. The number of fused-ring (bicyclic) bond motifs is 3. The number of carbonyl (C=O) groups is 3. The zero-order valence-electron chi connectivity index (χ0n) is 18.8. The van der Waals surface area contributed by atoms with Crippen molar-refractivity contribution in [1.29, 1.82) is 5.26 Å². The Bertz CT molecular complexity index is 1010. The van der Waals surface area contributed by atoms with Crippen LogP contribution in [-0.4, -0.2) is 58.3 Å². The summed E-state index contributed by atoms with van der Waals surface area (Å²) in [6, 6.07) is 6.55.